The van der Waals surface area contributed by atoms with Gasteiger partial charge in [0, 0.05) is 11.6 Å². The van der Waals surface area contributed by atoms with Crippen molar-refractivity contribution in [2.24, 2.45) is 0 Å². The lowest BCUT2D eigenvalue weighted by atomic mass is 10.1. The molecule has 1 aliphatic heterocycles. The van der Waals surface area contributed by atoms with Gasteiger partial charge in [-0.3, -0.25) is 10.1 Å². The number of hydrogen-bond donors (Lipinski definition) is 1. The first-order valence-electron chi connectivity index (χ1n) is 7.92. The SMILES string of the molecule is CCCCC1NC(c2ccccc2F)N(C(C)CC)C1=O. The van der Waals surface area contributed by atoms with E-state index in [1.807, 2.05) is 17.9 Å². The highest BCUT2D eigenvalue weighted by atomic mass is 19.1. The van der Waals surface area contributed by atoms with Crippen LogP contribution in [0.5, 0.6) is 0 Å². The third-order valence-electron chi connectivity index (χ3n) is 4.30. The van der Waals surface area contributed by atoms with Crippen LogP contribution in [0.3, 0.4) is 0 Å². The zero-order valence-electron chi connectivity index (χ0n) is 13.1. The van der Waals surface area contributed by atoms with Crippen LogP contribution in [-0.4, -0.2) is 22.9 Å². The highest BCUT2D eigenvalue weighted by Gasteiger charge is 2.41. The van der Waals surface area contributed by atoms with E-state index in [0.29, 0.717) is 5.56 Å². The summed E-state index contributed by atoms with van der Waals surface area (Å²) in [6, 6.07) is 6.62. The average Bonchev–Trinajstić information content (AvgIpc) is 2.81. The first-order chi connectivity index (χ1) is 10.1. The van der Waals surface area contributed by atoms with Crippen molar-refractivity contribution in [1.29, 1.82) is 0 Å². The summed E-state index contributed by atoms with van der Waals surface area (Å²) < 4.78 is 14.1. The number of unbranched alkanes of at least 4 members (excludes halogenated alkanes) is 1. The molecule has 3 unspecified atom stereocenters. The molecule has 0 aliphatic carbocycles. The second-order valence-electron chi connectivity index (χ2n) is 5.79. The molecule has 0 spiro atoms. The minimum absolute atomic E-state index is 0.0984. The van der Waals surface area contributed by atoms with Crippen LogP contribution in [0.4, 0.5) is 4.39 Å². The van der Waals surface area contributed by atoms with Crippen LogP contribution in [-0.2, 0) is 4.79 Å². The van der Waals surface area contributed by atoms with Crippen LogP contribution >= 0.6 is 0 Å². The van der Waals surface area contributed by atoms with E-state index >= 15 is 0 Å². The van der Waals surface area contributed by atoms with Crippen LogP contribution in [0.2, 0.25) is 0 Å². The summed E-state index contributed by atoms with van der Waals surface area (Å²) in [5.74, 6) is -0.154. The molecule has 116 valence electrons. The van der Waals surface area contributed by atoms with Crippen molar-refractivity contribution in [3.63, 3.8) is 0 Å². The summed E-state index contributed by atoms with van der Waals surface area (Å²) >= 11 is 0. The maximum absolute atomic E-state index is 14.1. The molecule has 1 aromatic carbocycles. The van der Waals surface area contributed by atoms with Crippen molar-refractivity contribution in [2.45, 2.75) is 64.7 Å². The minimum Gasteiger partial charge on any atom is -0.319 e. The van der Waals surface area contributed by atoms with Crippen molar-refractivity contribution < 1.29 is 9.18 Å². The molecule has 0 radical (unpaired) electrons. The van der Waals surface area contributed by atoms with E-state index in [-0.39, 0.29) is 30.0 Å². The van der Waals surface area contributed by atoms with E-state index in [2.05, 4.69) is 19.2 Å². The Balaban J connectivity index is 2.29. The number of halogens is 1. The van der Waals surface area contributed by atoms with Crippen LogP contribution in [0, 0.1) is 5.82 Å². The molecule has 0 saturated carbocycles. The van der Waals surface area contributed by atoms with E-state index in [1.165, 1.54) is 6.07 Å². The van der Waals surface area contributed by atoms with Gasteiger partial charge in [-0.25, -0.2) is 4.39 Å². The summed E-state index contributed by atoms with van der Waals surface area (Å²) in [6.07, 6.45) is 3.38. The lowest BCUT2D eigenvalue weighted by Gasteiger charge is -2.30. The third-order valence-corrected chi connectivity index (χ3v) is 4.30. The Morgan fingerprint density at radius 2 is 2.05 bits per heavy atom. The number of nitrogens with zero attached hydrogens (tertiary/aromatic N) is 1. The number of carbonyl (C=O) groups excluding carboxylic acids is 1. The number of hydrogen-bond acceptors (Lipinski definition) is 2. The smallest absolute Gasteiger partial charge is 0.241 e. The number of nitrogens with one attached hydrogen (secondary N) is 1. The molecule has 1 amide bonds. The minimum atomic E-state index is -0.351. The average molecular weight is 292 g/mol. The Morgan fingerprint density at radius 1 is 1.33 bits per heavy atom. The van der Waals surface area contributed by atoms with Crippen molar-refractivity contribution in [3.8, 4) is 0 Å². The van der Waals surface area contributed by atoms with Gasteiger partial charge >= 0.3 is 0 Å². The van der Waals surface area contributed by atoms with E-state index in [4.69, 9.17) is 0 Å². The lowest BCUT2D eigenvalue weighted by molar-refractivity contribution is -0.132. The van der Waals surface area contributed by atoms with Crippen molar-refractivity contribution in [2.75, 3.05) is 0 Å². The maximum Gasteiger partial charge on any atom is 0.241 e. The number of benzene rings is 1. The van der Waals surface area contributed by atoms with Gasteiger partial charge in [0.05, 0.1) is 6.04 Å². The van der Waals surface area contributed by atoms with Gasteiger partial charge in [0.25, 0.3) is 0 Å². The second-order valence-corrected chi connectivity index (χ2v) is 5.79. The molecule has 1 saturated heterocycles. The number of rotatable bonds is 6. The van der Waals surface area contributed by atoms with Gasteiger partial charge < -0.3 is 4.90 Å². The lowest BCUT2D eigenvalue weighted by Crippen LogP contribution is -2.38. The quantitative estimate of drug-likeness (QED) is 0.868. The summed E-state index contributed by atoms with van der Waals surface area (Å²) in [5.41, 5.74) is 0.560. The van der Waals surface area contributed by atoms with Gasteiger partial charge in [0.15, 0.2) is 0 Å². The van der Waals surface area contributed by atoms with E-state index in [9.17, 15) is 9.18 Å². The molecule has 1 heterocycles. The van der Waals surface area contributed by atoms with Gasteiger partial charge in [-0.15, -0.1) is 0 Å². The van der Waals surface area contributed by atoms with Crippen LogP contribution in [0.15, 0.2) is 24.3 Å². The molecule has 3 nitrogen and oxygen atoms in total. The normalized spacial score (nSPS) is 23.6. The molecular formula is C17H25FN2O. The predicted molar refractivity (Wildman–Crippen MR) is 82.2 cm³/mol. The highest BCUT2D eigenvalue weighted by molar-refractivity contribution is 5.84. The molecule has 0 bridgehead atoms. The van der Waals surface area contributed by atoms with Crippen LogP contribution in [0.25, 0.3) is 0 Å². The standard InChI is InChI=1S/C17H25FN2O/c1-4-6-11-15-17(21)20(12(3)5-2)16(19-15)13-9-7-8-10-14(13)18/h7-10,12,15-16,19H,4-6,11H2,1-3H3. The van der Waals surface area contributed by atoms with E-state index in [1.54, 1.807) is 12.1 Å². The number of carbonyl (C=O) groups is 1. The zero-order chi connectivity index (χ0) is 15.4. The molecule has 21 heavy (non-hydrogen) atoms. The Morgan fingerprint density at radius 3 is 2.67 bits per heavy atom. The summed E-state index contributed by atoms with van der Waals surface area (Å²) in [4.78, 5) is 14.5. The van der Waals surface area contributed by atoms with Gasteiger partial charge in [-0.1, -0.05) is 44.9 Å². The Hall–Kier alpha value is -1.42. The van der Waals surface area contributed by atoms with E-state index in [0.717, 1.165) is 25.7 Å². The van der Waals surface area contributed by atoms with E-state index < -0.39 is 0 Å². The van der Waals surface area contributed by atoms with Gasteiger partial charge in [0.1, 0.15) is 12.0 Å². The van der Waals surface area contributed by atoms with Gasteiger partial charge in [-0.05, 0) is 25.8 Å². The fourth-order valence-electron chi connectivity index (χ4n) is 2.87. The zero-order valence-corrected chi connectivity index (χ0v) is 13.1. The molecule has 1 fully saturated rings. The van der Waals surface area contributed by atoms with Crippen molar-refractivity contribution in [3.05, 3.63) is 35.6 Å². The molecule has 4 heteroatoms. The van der Waals surface area contributed by atoms with Gasteiger partial charge in [-0.2, -0.15) is 0 Å². The third kappa shape index (κ3) is 3.26. The number of amides is 1. The largest absolute Gasteiger partial charge is 0.319 e. The topological polar surface area (TPSA) is 32.3 Å². The molecule has 0 aromatic heterocycles. The summed E-state index contributed by atoms with van der Waals surface area (Å²) in [5, 5.41) is 3.33. The highest BCUT2D eigenvalue weighted by Crippen LogP contribution is 2.31. The first-order valence-corrected chi connectivity index (χ1v) is 7.92. The fraction of sp³-hybridized carbons (Fsp3) is 0.588. The molecular weight excluding hydrogens is 267 g/mol. The Kier molecular flexibility index (Phi) is 5.34. The summed E-state index contributed by atoms with van der Waals surface area (Å²) in [6.45, 7) is 6.19. The Bertz CT molecular complexity index is 491. The van der Waals surface area contributed by atoms with Crippen molar-refractivity contribution in [1.82, 2.24) is 10.2 Å². The van der Waals surface area contributed by atoms with Crippen LogP contribution in [0.1, 0.15) is 58.2 Å². The predicted octanol–water partition coefficient (Wildman–Crippen LogP) is 3.61. The summed E-state index contributed by atoms with van der Waals surface area (Å²) in [7, 11) is 0. The molecule has 1 aromatic rings. The molecule has 3 atom stereocenters. The Labute approximate surface area is 126 Å². The molecule has 1 aliphatic rings. The molecule has 1 N–H and O–H groups in total. The maximum atomic E-state index is 14.1. The second kappa shape index (κ2) is 7.03. The van der Waals surface area contributed by atoms with Gasteiger partial charge in [0.2, 0.25) is 5.91 Å². The van der Waals surface area contributed by atoms with Crippen LogP contribution < -0.4 is 5.32 Å². The first kappa shape index (κ1) is 16.0. The van der Waals surface area contributed by atoms with Crippen molar-refractivity contribution >= 4 is 5.91 Å². The molecule has 2 rings (SSSR count). The fourth-order valence-corrected chi connectivity index (χ4v) is 2.87. The monoisotopic (exact) mass is 292 g/mol.